The van der Waals surface area contributed by atoms with Crippen LogP contribution in [0.2, 0.25) is 0 Å². The highest BCUT2D eigenvalue weighted by atomic mass is 32.2. The third kappa shape index (κ3) is 5.56. The summed E-state index contributed by atoms with van der Waals surface area (Å²) in [6, 6.07) is 10.5. The van der Waals surface area contributed by atoms with E-state index in [0.717, 1.165) is 24.7 Å². The van der Waals surface area contributed by atoms with Gasteiger partial charge in [0.05, 0.1) is 13.7 Å². The molecule has 2 atom stereocenters. The minimum Gasteiger partial charge on any atom is -0.444 e. The first-order valence-electron chi connectivity index (χ1n) is 10.3. The fourth-order valence-corrected chi connectivity index (χ4v) is 4.61. The van der Waals surface area contributed by atoms with Gasteiger partial charge in [-0.2, -0.15) is 5.48 Å². The van der Waals surface area contributed by atoms with E-state index in [4.69, 9.17) is 14.8 Å². The molecule has 0 unspecified atom stereocenters. The Hall–Kier alpha value is -2.85. The molecule has 1 aliphatic carbocycles. The molecular weight excluding hydrogens is 452 g/mol. The van der Waals surface area contributed by atoms with E-state index in [2.05, 4.69) is 22.8 Å². The molecule has 1 aromatic carbocycles. The molecule has 12 heteroatoms. The molecule has 1 aliphatic heterocycles. The number of cyclic esters (lactones) is 1. The Morgan fingerprint density at radius 1 is 1.30 bits per heavy atom. The zero-order valence-corrected chi connectivity index (χ0v) is 19.4. The van der Waals surface area contributed by atoms with Crippen molar-refractivity contribution in [2.75, 3.05) is 24.8 Å². The molecule has 1 heterocycles. The summed E-state index contributed by atoms with van der Waals surface area (Å²) in [6.07, 6.45) is 0.959. The Morgan fingerprint density at radius 3 is 2.55 bits per heavy atom. The largest absolute Gasteiger partial charge is 0.444 e. The van der Waals surface area contributed by atoms with Crippen LogP contribution in [-0.2, 0) is 24.2 Å². The molecule has 0 radical (unpaired) electrons. The van der Waals surface area contributed by atoms with Gasteiger partial charge < -0.3 is 14.9 Å². The number of nitrogens with zero attached hydrogens (tertiary/aromatic N) is 1. The summed E-state index contributed by atoms with van der Waals surface area (Å²) < 4.78 is 27.7. The lowest BCUT2D eigenvalue weighted by molar-refractivity contribution is -0.132. The highest BCUT2D eigenvalue weighted by molar-refractivity contribution is 7.92. The van der Waals surface area contributed by atoms with Gasteiger partial charge in [0, 0.05) is 42.1 Å². The molecule has 1 aromatic rings. The number of ether oxygens (including phenoxy) is 1. The van der Waals surface area contributed by atoms with Crippen molar-refractivity contribution in [3.05, 3.63) is 29.8 Å². The second-order valence-electron chi connectivity index (χ2n) is 8.39. The number of hydroxylamine groups is 2. The van der Waals surface area contributed by atoms with E-state index in [-0.39, 0.29) is 13.0 Å². The van der Waals surface area contributed by atoms with Gasteiger partial charge in [-0.3, -0.25) is 14.9 Å². The average molecular weight is 481 g/mol. The molecule has 4 N–H and O–H groups in total. The standard InChI is InChI=1S/C21H28N4O7S/c1-21(19(26)23-28,33(3,29)30)12-18-13-25(20(27)32-18)17-6-4-14(5-7-17)8-9-22-15-10-16(11-15)24-31-2/h4-7,15-16,18,22,24,28H,10-13H2,1-3H3,(H,23,26)/t15?,16?,18-,21+/m0/s1. The smallest absolute Gasteiger partial charge is 0.414 e. The maximum Gasteiger partial charge on any atom is 0.414 e. The van der Waals surface area contributed by atoms with Crippen molar-refractivity contribution < 1.29 is 32.8 Å². The fraction of sp³-hybridized carbons (Fsp3) is 0.524. The Labute approximate surface area is 192 Å². The minimum atomic E-state index is -3.90. The lowest BCUT2D eigenvalue weighted by atomic mass is 9.88. The lowest BCUT2D eigenvalue weighted by Crippen LogP contribution is -2.51. The predicted molar refractivity (Wildman–Crippen MR) is 119 cm³/mol. The molecule has 1 saturated heterocycles. The van der Waals surface area contributed by atoms with Gasteiger partial charge in [-0.05, 0) is 50.0 Å². The van der Waals surface area contributed by atoms with Crippen LogP contribution in [0.4, 0.5) is 10.5 Å². The highest BCUT2D eigenvalue weighted by Crippen LogP contribution is 2.30. The van der Waals surface area contributed by atoms with Crippen LogP contribution in [0, 0.1) is 12.0 Å². The molecule has 2 aliphatic rings. The number of amides is 2. The number of nitrogens with one attached hydrogen (secondary N) is 3. The Bertz CT molecular complexity index is 1040. The number of sulfone groups is 1. The van der Waals surface area contributed by atoms with Crippen molar-refractivity contribution in [3.8, 4) is 12.0 Å². The molecule has 2 amide bonds. The zero-order chi connectivity index (χ0) is 24.2. The van der Waals surface area contributed by atoms with Crippen molar-refractivity contribution in [2.24, 2.45) is 0 Å². The van der Waals surface area contributed by atoms with Gasteiger partial charge in [0.1, 0.15) is 6.10 Å². The number of carbonyl (C=O) groups is 2. The predicted octanol–water partition coefficient (Wildman–Crippen LogP) is 0.291. The Kier molecular flexibility index (Phi) is 7.48. The molecular formula is C21H28N4O7S. The number of anilines is 1. The lowest BCUT2D eigenvalue weighted by Gasteiger charge is -2.34. The molecule has 0 spiro atoms. The van der Waals surface area contributed by atoms with Crippen LogP contribution in [0.3, 0.4) is 0 Å². The highest BCUT2D eigenvalue weighted by Gasteiger charge is 2.48. The van der Waals surface area contributed by atoms with Gasteiger partial charge in [-0.25, -0.2) is 18.7 Å². The van der Waals surface area contributed by atoms with Crippen LogP contribution in [-0.4, -0.2) is 68.5 Å². The monoisotopic (exact) mass is 480 g/mol. The van der Waals surface area contributed by atoms with Crippen LogP contribution >= 0.6 is 0 Å². The van der Waals surface area contributed by atoms with E-state index in [1.807, 2.05) is 0 Å². The van der Waals surface area contributed by atoms with Crippen LogP contribution in [0.25, 0.3) is 0 Å². The van der Waals surface area contributed by atoms with Gasteiger partial charge in [0.15, 0.2) is 14.6 Å². The third-order valence-corrected chi connectivity index (χ3v) is 7.97. The normalized spacial score (nSPS) is 24.1. The number of hydrogen-bond donors (Lipinski definition) is 4. The van der Waals surface area contributed by atoms with Crippen molar-refractivity contribution in [2.45, 2.75) is 49.1 Å². The van der Waals surface area contributed by atoms with Crippen LogP contribution in [0.15, 0.2) is 24.3 Å². The van der Waals surface area contributed by atoms with Crippen LogP contribution < -0.4 is 21.2 Å². The van der Waals surface area contributed by atoms with Crippen LogP contribution in [0.5, 0.6) is 0 Å². The summed E-state index contributed by atoms with van der Waals surface area (Å²) in [5, 5.41) is 12.1. The first kappa shape index (κ1) is 24.8. The van der Waals surface area contributed by atoms with E-state index < -0.39 is 32.7 Å². The number of rotatable bonds is 8. The number of carbonyl (C=O) groups excluding carboxylic acids is 2. The van der Waals surface area contributed by atoms with E-state index in [9.17, 15) is 18.0 Å². The topological polar surface area (TPSA) is 146 Å². The van der Waals surface area contributed by atoms with E-state index in [1.54, 1.807) is 31.4 Å². The van der Waals surface area contributed by atoms with Gasteiger partial charge >= 0.3 is 6.09 Å². The maximum absolute atomic E-state index is 12.4. The first-order valence-corrected chi connectivity index (χ1v) is 12.2. The van der Waals surface area contributed by atoms with Gasteiger partial charge in [-0.15, -0.1) is 0 Å². The second-order valence-corrected chi connectivity index (χ2v) is 10.8. The molecule has 33 heavy (non-hydrogen) atoms. The molecule has 2 fully saturated rings. The summed E-state index contributed by atoms with van der Waals surface area (Å²) >= 11 is 0. The number of hydrogen-bond acceptors (Lipinski definition) is 9. The summed E-state index contributed by atoms with van der Waals surface area (Å²) in [5.74, 6) is 1.93. The van der Waals surface area contributed by atoms with Crippen molar-refractivity contribution in [1.82, 2.24) is 16.3 Å². The average Bonchev–Trinajstić information content (AvgIpc) is 3.10. The summed E-state index contributed by atoms with van der Waals surface area (Å²) in [4.78, 5) is 30.6. The summed E-state index contributed by atoms with van der Waals surface area (Å²) in [6.45, 7) is 1.25. The summed E-state index contributed by atoms with van der Waals surface area (Å²) in [7, 11) is -2.31. The van der Waals surface area contributed by atoms with Crippen molar-refractivity contribution in [1.29, 1.82) is 0 Å². The molecule has 180 valence electrons. The third-order valence-electron chi connectivity index (χ3n) is 5.98. The molecule has 0 aromatic heterocycles. The molecule has 0 bridgehead atoms. The first-order chi connectivity index (χ1) is 15.6. The van der Waals surface area contributed by atoms with Gasteiger partial charge in [0.2, 0.25) is 0 Å². The Balaban J connectivity index is 1.59. The van der Waals surface area contributed by atoms with Crippen molar-refractivity contribution >= 4 is 27.5 Å². The summed E-state index contributed by atoms with van der Waals surface area (Å²) in [5.41, 5.74) is 5.59. The second kappa shape index (κ2) is 9.96. The Morgan fingerprint density at radius 2 is 1.97 bits per heavy atom. The van der Waals surface area contributed by atoms with E-state index in [0.29, 0.717) is 17.8 Å². The van der Waals surface area contributed by atoms with Crippen LogP contribution in [0.1, 0.15) is 31.7 Å². The van der Waals surface area contributed by atoms with Crippen molar-refractivity contribution in [3.63, 3.8) is 0 Å². The fourth-order valence-electron chi connectivity index (χ4n) is 3.74. The SMILES string of the molecule is CONC1CC(NC#Cc2ccc(N3C[C@H](C[C@](C)(C(=O)NO)S(C)(=O)=O)OC3=O)cc2)C1. The molecule has 3 rings (SSSR count). The number of benzene rings is 1. The van der Waals surface area contributed by atoms with E-state index >= 15 is 0 Å². The zero-order valence-electron chi connectivity index (χ0n) is 18.6. The van der Waals surface area contributed by atoms with E-state index in [1.165, 1.54) is 17.3 Å². The molecule has 11 nitrogen and oxygen atoms in total. The van der Waals surface area contributed by atoms with Gasteiger partial charge in [0.25, 0.3) is 5.91 Å². The quantitative estimate of drug-likeness (QED) is 0.178. The van der Waals surface area contributed by atoms with Gasteiger partial charge in [-0.1, -0.05) is 0 Å². The molecule has 1 saturated carbocycles. The maximum atomic E-state index is 12.4. The minimum absolute atomic E-state index is 0.0631.